The van der Waals surface area contributed by atoms with Gasteiger partial charge in [-0.1, -0.05) is 127 Å². The zero-order valence-corrected chi connectivity index (χ0v) is 25.3. The summed E-state index contributed by atoms with van der Waals surface area (Å²) in [4.78, 5) is 0. The zero-order chi connectivity index (χ0) is 38.3. The smallest absolute Gasteiger partial charge is 0.136 e. The van der Waals surface area contributed by atoms with Crippen molar-refractivity contribution in [2.24, 2.45) is 0 Å². The Bertz CT molecular complexity index is 3500. The molecule has 0 amide bonds. The average Bonchev–Trinajstić information content (AvgIpc) is 3.76. The molecule has 0 spiro atoms. The second-order valence-electron chi connectivity index (χ2n) is 12.2. The van der Waals surface area contributed by atoms with Crippen LogP contribution in [0.4, 0.5) is 0 Å². The highest BCUT2D eigenvalue weighted by atomic mass is 16.3. The molecule has 2 heteroatoms. The largest absolute Gasteiger partial charge is 0.456 e. The van der Waals surface area contributed by atoms with Gasteiger partial charge in [-0.3, -0.25) is 0 Å². The van der Waals surface area contributed by atoms with E-state index in [1.54, 1.807) is 24.3 Å². The van der Waals surface area contributed by atoms with E-state index in [1.165, 1.54) is 0 Å². The molecule has 0 aliphatic rings. The highest BCUT2D eigenvalue weighted by Crippen LogP contribution is 2.44. The predicted octanol–water partition coefficient (Wildman–Crippen LogP) is 12.9. The summed E-state index contributed by atoms with van der Waals surface area (Å²) < 4.78 is 82.1. The van der Waals surface area contributed by atoms with Crippen LogP contribution in [0.25, 0.3) is 104 Å². The normalized spacial score (nSPS) is 14.5. The summed E-state index contributed by atoms with van der Waals surface area (Å²) in [6, 6.07) is 34.9. The molecule has 222 valence electrons. The number of nitrogens with zero attached hydrogens (tertiary/aromatic N) is 1. The van der Waals surface area contributed by atoms with Gasteiger partial charge in [0, 0.05) is 27.2 Å². The molecule has 11 aromatic rings. The minimum atomic E-state index is -0.294. The van der Waals surface area contributed by atoms with Crippen LogP contribution in [0.3, 0.4) is 0 Å². The minimum Gasteiger partial charge on any atom is -0.456 e. The Kier molecular flexibility index (Phi) is 3.85. The molecule has 2 heterocycles. The number of benzene rings is 9. The van der Waals surface area contributed by atoms with Crippen LogP contribution in [0.2, 0.25) is 0 Å². The molecule has 0 unspecified atom stereocenters. The Morgan fingerprint density at radius 1 is 0.396 bits per heavy atom. The van der Waals surface area contributed by atoms with Gasteiger partial charge in [-0.15, -0.1) is 0 Å². The maximum Gasteiger partial charge on any atom is 0.136 e. The summed E-state index contributed by atoms with van der Waals surface area (Å²) in [6.07, 6.45) is 0. The fourth-order valence-electron chi connectivity index (χ4n) is 7.56. The Balaban J connectivity index is 1.20. The number of fused-ring (bicyclic) bond motifs is 7. The lowest BCUT2D eigenvalue weighted by molar-refractivity contribution is 0.669. The quantitative estimate of drug-likeness (QED) is 0.180. The molecule has 2 nitrogen and oxygen atoms in total. The summed E-state index contributed by atoms with van der Waals surface area (Å²) >= 11 is 0. The Morgan fingerprint density at radius 2 is 1.00 bits per heavy atom. The number of hydrogen-bond acceptors (Lipinski definition) is 1. The molecule has 9 aromatic carbocycles. The number of hydrogen-bond donors (Lipinski definition) is 0. The average molecular weight is 618 g/mol. The van der Waals surface area contributed by atoms with Crippen molar-refractivity contribution in [2.75, 3.05) is 0 Å². The van der Waals surface area contributed by atoms with Gasteiger partial charge in [-0.2, -0.15) is 0 Å². The van der Waals surface area contributed by atoms with Crippen molar-refractivity contribution >= 4 is 76.1 Å². The van der Waals surface area contributed by atoms with E-state index in [9.17, 15) is 6.85 Å². The van der Waals surface area contributed by atoms with Gasteiger partial charge >= 0.3 is 0 Å². The first-order valence-corrected chi connectivity index (χ1v) is 15.9. The number of rotatable bonds is 3. The van der Waals surface area contributed by atoms with Crippen molar-refractivity contribution in [1.29, 1.82) is 0 Å². The zero-order valence-electron chi connectivity index (χ0n) is 33.3. The first kappa shape index (κ1) is 19.3. The van der Waals surface area contributed by atoms with Crippen molar-refractivity contribution in [3.05, 3.63) is 164 Å². The first-order valence-electron chi connectivity index (χ1n) is 19.9. The Hall–Kier alpha value is -6.38. The highest BCUT2D eigenvalue weighted by molar-refractivity contribution is 6.28. The standard InChI is InChI=1S/C46H27NO/c1-2-8-28(9-3-1)33-22-16-30-19-25-36-34(23-17-31-18-24-35(33)43(30)44(31)36)29-14-20-32(21-15-29)47-39-12-6-4-10-37(39)45-40(47)26-27-42-46(45)38-11-5-7-13-41(38)48-42/h1-27H/i16D,17D,18D,19D,22D,23D,24D,25D. The highest BCUT2D eigenvalue weighted by Gasteiger charge is 2.19. The molecular weight excluding hydrogens is 583 g/mol. The lowest BCUT2D eigenvalue weighted by atomic mass is 9.87. The van der Waals surface area contributed by atoms with Crippen LogP contribution in [0, 0.1) is 0 Å². The first-order chi connectivity index (χ1) is 27.2. The van der Waals surface area contributed by atoms with Crippen molar-refractivity contribution in [2.45, 2.75) is 0 Å². The minimum absolute atomic E-state index is 0.0286. The topological polar surface area (TPSA) is 18.1 Å². The van der Waals surface area contributed by atoms with E-state index in [2.05, 4.69) is 28.8 Å². The Labute approximate surface area is 287 Å². The molecule has 0 radical (unpaired) electrons. The van der Waals surface area contributed by atoms with Crippen LogP contribution < -0.4 is 0 Å². The van der Waals surface area contributed by atoms with Crippen molar-refractivity contribution in [1.82, 2.24) is 4.57 Å². The maximum atomic E-state index is 9.35. The molecule has 0 saturated carbocycles. The summed E-state index contributed by atoms with van der Waals surface area (Å²) in [5, 5.41) is 5.33. The number of aromatic nitrogens is 1. The summed E-state index contributed by atoms with van der Waals surface area (Å²) in [6.45, 7) is 0. The van der Waals surface area contributed by atoms with Gasteiger partial charge in [0.1, 0.15) is 11.2 Å². The lowest BCUT2D eigenvalue weighted by Crippen LogP contribution is -1.94. The van der Waals surface area contributed by atoms with Crippen molar-refractivity contribution in [3.8, 4) is 27.9 Å². The van der Waals surface area contributed by atoms with E-state index in [1.807, 2.05) is 66.7 Å². The second-order valence-corrected chi connectivity index (χ2v) is 12.2. The number of furan rings is 1. The van der Waals surface area contributed by atoms with Gasteiger partial charge in [0.05, 0.1) is 22.0 Å². The van der Waals surface area contributed by atoms with Crippen LogP contribution >= 0.6 is 0 Å². The van der Waals surface area contributed by atoms with Gasteiger partial charge in [-0.25, -0.2) is 0 Å². The number of para-hydroxylation sites is 2. The van der Waals surface area contributed by atoms with Crippen molar-refractivity contribution < 1.29 is 15.4 Å². The molecule has 48 heavy (non-hydrogen) atoms. The third-order valence-electron chi connectivity index (χ3n) is 9.65. The van der Waals surface area contributed by atoms with E-state index in [4.69, 9.17) is 8.53 Å². The third kappa shape index (κ3) is 3.46. The molecule has 0 saturated heterocycles. The van der Waals surface area contributed by atoms with Gasteiger partial charge in [-0.05, 0) is 91.0 Å². The second kappa shape index (κ2) is 9.57. The van der Waals surface area contributed by atoms with E-state index >= 15 is 0 Å². The van der Waals surface area contributed by atoms with Crippen LogP contribution in [0.15, 0.2) is 168 Å². The van der Waals surface area contributed by atoms with Crippen LogP contribution in [-0.4, -0.2) is 4.57 Å². The fourth-order valence-corrected chi connectivity index (χ4v) is 7.56. The summed E-state index contributed by atoms with van der Waals surface area (Å²) in [5.41, 5.74) is 6.18. The molecular formula is C46H27NO. The monoisotopic (exact) mass is 617 g/mol. The molecule has 0 atom stereocenters. The maximum absolute atomic E-state index is 9.35. The van der Waals surface area contributed by atoms with Crippen LogP contribution in [0.5, 0.6) is 0 Å². The predicted molar refractivity (Wildman–Crippen MR) is 203 cm³/mol. The van der Waals surface area contributed by atoms with E-state index in [0.29, 0.717) is 27.5 Å². The van der Waals surface area contributed by atoms with Crippen LogP contribution in [-0.2, 0) is 0 Å². The SMILES string of the molecule is [2H]c1c([2H])c2c([2H])c([2H])c3c(-c4ccc(-n5c6ccccc6c6c7c(ccc65)oc5ccccc57)cc4)c([2H])c([2H])c4c([2H])c([2H])c(c1-c1ccccc1)c2c43. The molecule has 0 N–H and O–H groups in total. The van der Waals surface area contributed by atoms with Gasteiger partial charge < -0.3 is 8.98 Å². The lowest BCUT2D eigenvalue weighted by Gasteiger charge is -2.17. The molecule has 0 fully saturated rings. The van der Waals surface area contributed by atoms with Gasteiger partial charge in [0.15, 0.2) is 0 Å². The fraction of sp³-hybridized carbons (Fsp3) is 0. The third-order valence-corrected chi connectivity index (χ3v) is 9.65. The van der Waals surface area contributed by atoms with Gasteiger partial charge in [0.2, 0.25) is 0 Å². The molecule has 0 bridgehead atoms. The van der Waals surface area contributed by atoms with E-state index in [-0.39, 0.29) is 75.4 Å². The van der Waals surface area contributed by atoms with E-state index in [0.717, 1.165) is 49.4 Å². The molecule has 11 rings (SSSR count). The molecule has 0 aliphatic carbocycles. The summed E-state index contributed by atoms with van der Waals surface area (Å²) in [5.74, 6) is 0. The molecule has 2 aromatic heterocycles. The van der Waals surface area contributed by atoms with Crippen molar-refractivity contribution in [3.63, 3.8) is 0 Å². The van der Waals surface area contributed by atoms with E-state index < -0.39 is 0 Å². The van der Waals surface area contributed by atoms with Gasteiger partial charge in [0.25, 0.3) is 0 Å². The Morgan fingerprint density at radius 3 is 1.73 bits per heavy atom. The van der Waals surface area contributed by atoms with Crippen LogP contribution in [0.1, 0.15) is 11.0 Å². The molecule has 0 aliphatic heterocycles. The summed E-state index contributed by atoms with van der Waals surface area (Å²) in [7, 11) is 0.